The summed E-state index contributed by atoms with van der Waals surface area (Å²) in [6.45, 7) is 2.00. The summed E-state index contributed by atoms with van der Waals surface area (Å²) in [4.78, 5) is 12.6. The molecule has 1 amide bonds. The maximum Gasteiger partial charge on any atom is 0.264 e. The Labute approximate surface area is 204 Å². The van der Waals surface area contributed by atoms with E-state index in [-0.39, 0.29) is 28.8 Å². The van der Waals surface area contributed by atoms with Crippen molar-refractivity contribution >= 4 is 33.2 Å². The maximum absolute atomic E-state index is 13.7. The molecule has 9 heteroatoms. The maximum atomic E-state index is 13.7. The second-order valence-corrected chi connectivity index (χ2v) is 9.79. The van der Waals surface area contributed by atoms with Gasteiger partial charge in [-0.15, -0.1) is 0 Å². The van der Waals surface area contributed by atoms with Crippen LogP contribution in [0.15, 0.2) is 77.7 Å². The lowest BCUT2D eigenvalue weighted by Gasteiger charge is -2.24. The molecule has 34 heavy (non-hydrogen) atoms. The Kier molecular flexibility index (Phi) is 8.90. The third-order valence-corrected chi connectivity index (χ3v) is 7.04. The third kappa shape index (κ3) is 6.71. The van der Waals surface area contributed by atoms with Crippen molar-refractivity contribution in [2.75, 3.05) is 24.0 Å². The Hall–Kier alpha value is -3.10. The highest BCUT2D eigenvalue weighted by Gasteiger charge is 2.27. The third-order valence-electron chi connectivity index (χ3n) is 4.96. The highest BCUT2D eigenvalue weighted by molar-refractivity contribution is 7.92. The van der Waals surface area contributed by atoms with Gasteiger partial charge in [0.15, 0.2) is 0 Å². The molecule has 3 aromatic carbocycles. The summed E-state index contributed by atoms with van der Waals surface area (Å²) in [6.07, 6.45) is 2.06. The van der Waals surface area contributed by atoms with Gasteiger partial charge in [-0.05, 0) is 54.4 Å². The Bertz CT molecular complexity index is 1210. The lowest BCUT2D eigenvalue weighted by Crippen LogP contribution is -2.42. The molecule has 3 aromatic rings. The fraction of sp³-hybridized carbons (Fsp3) is 0.240. The summed E-state index contributed by atoms with van der Waals surface area (Å²) in [5.74, 6) is -0.544. The first-order chi connectivity index (χ1) is 16.3. The van der Waals surface area contributed by atoms with E-state index in [0.717, 1.165) is 23.2 Å². The molecule has 0 aliphatic carbocycles. The summed E-state index contributed by atoms with van der Waals surface area (Å²) in [6, 6.07) is 18.9. The zero-order valence-electron chi connectivity index (χ0n) is 18.7. The lowest BCUT2D eigenvalue weighted by molar-refractivity contribution is -0.119. The molecule has 0 unspecified atom stereocenters. The van der Waals surface area contributed by atoms with Gasteiger partial charge in [0.2, 0.25) is 5.91 Å². The molecule has 1 N–H and O–H groups in total. The summed E-state index contributed by atoms with van der Waals surface area (Å²) in [5.41, 5.74) is 1.30. The lowest BCUT2D eigenvalue weighted by atomic mass is 10.1. The number of aryl methyl sites for hydroxylation is 1. The number of nitrogens with zero attached hydrogens (tertiary/aromatic N) is 1. The van der Waals surface area contributed by atoms with Crippen LogP contribution in [0.25, 0.3) is 0 Å². The summed E-state index contributed by atoms with van der Waals surface area (Å²) in [5, 5.41) is 2.41. The van der Waals surface area contributed by atoms with E-state index in [1.54, 1.807) is 18.2 Å². The second-order valence-electron chi connectivity index (χ2n) is 7.52. The van der Waals surface area contributed by atoms with Crippen LogP contribution in [0.3, 0.4) is 0 Å². The predicted molar refractivity (Wildman–Crippen MR) is 131 cm³/mol. The average Bonchev–Trinajstić information content (AvgIpc) is 2.84. The van der Waals surface area contributed by atoms with Crippen molar-refractivity contribution < 1.29 is 22.3 Å². The molecule has 0 aromatic heterocycles. The number of anilines is 1. The van der Waals surface area contributed by atoms with Crippen molar-refractivity contribution in [3.8, 4) is 5.75 Å². The van der Waals surface area contributed by atoms with Crippen LogP contribution in [0, 0.1) is 5.82 Å². The first-order valence-corrected chi connectivity index (χ1v) is 12.6. The van der Waals surface area contributed by atoms with Gasteiger partial charge in [-0.1, -0.05) is 55.3 Å². The van der Waals surface area contributed by atoms with Crippen LogP contribution in [0.4, 0.5) is 10.1 Å². The fourth-order valence-electron chi connectivity index (χ4n) is 3.26. The highest BCUT2D eigenvalue weighted by Crippen LogP contribution is 2.27. The standard InChI is InChI=1S/C25H26ClFN2O4S/c1-2-6-19-9-12-21(13-10-19)33-16-15-28-25(30)18-29(20-11-14-24(27)23(26)17-20)34(31,32)22-7-4-3-5-8-22/h3-5,7-14,17H,2,6,15-16,18H2,1H3,(H,28,30). The number of carbonyl (C=O) groups is 1. The molecule has 180 valence electrons. The van der Waals surface area contributed by atoms with Gasteiger partial charge in [0, 0.05) is 0 Å². The van der Waals surface area contributed by atoms with Crippen LogP contribution in [0.2, 0.25) is 5.02 Å². The molecular weight excluding hydrogens is 479 g/mol. The van der Waals surface area contributed by atoms with Crippen molar-refractivity contribution in [1.82, 2.24) is 5.32 Å². The van der Waals surface area contributed by atoms with Gasteiger partial charge in [-0.25, -0.2) is 12.8 Å². The van der Waals surface area contributed by atoms with Crippen molar-refractivity contribution in [1.29, 1.82) is 0 Å². The molecule has 0 fully saturated rings. The van der Waals surface area contributed by atoms with Crippen LogP contribution < -0.4 is 14.4 Å². The van der Waals surface area contributed by atoms with Crippen LogP contribution >= 0.6 is 11.6 Å². The van der Waals surface area contributed by atoms with E-state index in [0.29, 0.717) is 5.75 Å². The Morgan fingerprint density at radius 1 is 1.06 bits per heavy atom. The molecule has 0 aliphatic heterocycles. The number of halogens is 2. The van der Waals surface area contributed by atoms with E-state index in [9.17, 15) is 17.6 Å². The number of amides is 1. The van der Waals surface area contributed by atoms with Gasteiger partial charge in [0.1, 0.15) is 24.7 Å². The van der Waals surface area contributed by atoms with Crippen molar-refractivity contribution in [2.24, 2.45) is 0 Å². The number of rotatable bonds is 11. The normalized spacial score (nSPS) is 11.1. The van der Waals surface area contributed by atoms with Gasteiger partial charge >= 0.3 is 0 Å². The average molecular weight is 505 g/mol. The molecule has 0 bridgehead atoms. The number of hydrogen-bond acceptors (Lipinski definition) is 4. The topological polar surface area (TPSA) is 75.7 Å². The number of ether oxygens (including phenoxy) is 1. The van der Waals surface area contributed by atoms with Crippen LogP contribution in [0.5, 0.6) is 5.75 Å². The van der Waals surface area contributed by atoms with E-state index >= 15 is 0 Å². The largest absolute Gasteiger partial charge is 0.492 e. The Balaban J connectivity index is 1.66. The van der Waals surface area contributed by atoms with E-state index in [1.165, 1.54) is 29.8 Å². The summed E-state index contributed by atoms with van der Waals surface area (Å²) < 4.78 is 46.7. The van der Waals surface area contributed by atoms with E-state index < -0.39 is 28.3 Å². The van der Waals surface area contributed by atoms with E-state index in [1.807, 2.05) is 24.3 Å². The van der Waals surface area contributed by atoms with Crippen LogP contribution in [-0.2, 0) is 21.2 Å². The SMILES string of the molecule is CCCc1ccc(OCCNC(=O)CN(c2ccc(F)c(Cl)c2)S(=O)(=O)c2ccccc2)cc1. The quantitative estimate of drug-likeness (QED) is 0.380. The fourth-order valence-corrected chi connectivity index (χ4v) is 4.87. The molecule has 3 rings (SSSR count). The zero-order valence-corrected chi connectivity index (χ0v) is 20.3. The zero-order chi connectivity index (χ0) is 24.6. The first kappa shape index (κ1) is 25.5. The van der Waals surface area contributed by atoms with Gasteiger partial charge < -0.3 is 10.1 Å². The van der Waals surface area contributed by atoms with Gasteiger partial charge in [-0.2, -0.15) is 0 Å². The minimum absolute atomic E-state index is 0.00176. The highest BCUT2D eigenvalue weighted by atomic mass is 35.5. The predicted octanol–water partition coefficient (Wildman–Crippen LogP) is 4.82. The number of sulfonamides is 1. The molecule has 0 spiro atoms. The minimum Gasteiger partial charge on any atom is -0.492 e. The molecule has 0 saturated heterocycles. The van der Waals surface area contributed by atoms with Gasteiger partial charge in [0.25, 0.3) is 10.0 Å². The molecule has 0 aliphatic rings. The number of carbonyl (C=O) groups excluding carboxylic acids is 1. The van der Waals surface area contributed by atoms with Crippen molar-refractivity contribution in [2.45, 2.75) is 24.7 Å². The number of benzene rings is 3. The van der Waals surface area contributed by atoms with Gasteiger partial charge in [0.05, 0.1) is 22.2 Å². The van der Waals surface area contributed by atoms with Gasteiger partial charge in [-0.3, -0.25) is 9.10 Å². The Morgan fingerprint density at radius 2 is 1.76 bits per heavy atom. The molecule has 0 atom stereocenters. The van der Waals surface area contributed by atoms with Crippen molar-refractivity contribution in [3.05, 3.63) is 89.2 Å². The molecular formula is C25H26ClFN2O4S. The summed E-state index contributed by atoms with van der Waals surface area (Å²) >= 11 is 5.86. The summed E-state index contributed by atoms with van der Waals surface area (Å²) in [7, 11) is -4.10. The monoisotopic (exact) mass is 504 g/mol. The molecule has 0 saturated carbocycles. The van der Waals surface area contributed by atoms with E-state index in [4.69, 9.17) is 16.3 Å². The molecule has 0 heterocycles. The minimum atomic E-state index is -4.10. The van der Waals surface area contributed by atoms with Crippen molar-refractivity contribution in [3.63, 3.8) is 0 Å². The smallest absolute Gasteiger partial charge is 0.264 e. The second kappa shape index (κ2) is 11.9. The molecule has 6 nitrogen and oxygen atoms in total. The molecule has 0 radical (unpaired) electrons. The van der Waals surface area contributed by atoms with E-state index in [2.05, 4.69) is 12.2 Å². The number of nitrogens with one attached hydrogen (secondary N) is 1. The Morgan fingerprint density at radius 3 is 2.41 bits per heavy atom. The van der Waals surface area contributed by atoms with Crippen LogP contribution in [-0.4, -0.2) is 34.0 Å². The number of hydrogen-bond donors (Lipinski definition) is 1. The van der Waals surface area contributed by atoms with Crippen LogP contribution in [0.1, 0.15) is 18.9 Å². The first-order valence-electron chi connectivity index (χ1n) is 10.8.